The molecule has 0 spiro atoms. The highest BCUT2D eigenvalue weighted by Crippen LogP contribution is 2.14. The lowest BCUT2D eigenvalue weighted by molar-refractivity contribution is 0.740. The van der Waals surface area contributed by atoms with Gasteiger partial charge in [0.1, 0.15) is 5.82 Å². The van der Waals surface area contributed by atoms with E-state index in [9.17, 15) is 0 Å². The Kier molecular flexibility index (Phi) is 2.28. The highest BCUT2D eigenvalue weighted by atomic mass is 14.9. The van der Waals surface area contributed by atoms with Crippen LogP contribution in [0.2, 0.25) is 0 Å². The highest BCUT2D eigenvalue weighted by Gasteiger charge is 2.05. The first-order chi connectivity index (χ1) is 6.77. The highest BCUT2D eigenvalue weighted by molar-refractivity contribution is 5.53. The summed E-state index contributed by atoms with van der Waals surface area (Å²) in [5, 5.41) is 0. The van der Waals surface area contributed by atoms with Crippen molar-refractivity contribution in [3.63, 3.8) is 0 Å². The molecule has 4 heteroatoms. The molecule has 0 saturated heterocycles. The first-order valence-corrected chi connectivity index (χ1v) is 4.49. The Labute approximate surface area is 82.2 Å². The lowest BCUT2D eigenvalue weighted by Crippen LogP contribution is -2.09. The van der Waals surface area contributed by atoms with Crippen LogP contribution in [0.15, 0.2) is 30.6 Å². The molecule has 0 aliphatic carbocycles. The molecule has 0 amide bonds. The second-order valence-corrected chi connectivity index (χ2v) is 3.17. The van der Waals surface area contributed by atoms with Crippen molar-refractivity contribution in [2.75, 3.05) is 0 Å². The van der Waals surface area contributed by atoms with Gasteiger partial charge in [0.25, 0.3) is 0 Å². The van der Waals surface area contributed by atoms with E-state index in [0.29, 0.717) is 5.82 Å². The van der Waals surface area contributed by atoms with Gasteiger partial charge in [-0.25, -0.2) is 9.97 Å². The molecule has 72 valence electrons. The van der Waals surface area contributed by atoms with E-state index in [-0.39, 0.29) is 6.04 Å². The predicted octanol–water partition coefficient (Wildman–Crippen LogP) is 1.49. The Morgan fingerprint density at radius 1 is 1.43 bits per heavy atom. The van der Waals surface area contributed by atoms with Gasteiger partial charge in [-0.05, 0) is 25.1 Å². The van der Waals surface area contributed by atoms with E-state index in [2.05, 4.69) is 15.0 Å². The van der Waals surface area contributed by atoms with Gasteiger partial charge in [-0.15, -0.1) is 0 Å². The van der Waals surface area contributed by atoms with E-state index in [4.69, 9.17) is 5.73 Å². The van der Waals surface area contributed by atoms with Crippen LogP contribution in [0.25, 0.3) is 11.4 Å². The summed E-state index contributed by atoms with van der Waals surface area (Å²) in [6.07, 6.45) is 3.59. The van der Waals surface area contributed by atoms with Crippen molar-refractivity contribution in [3.05, 3.63) is 36.4 Å². The van der Waals surface area contributed by atoms with E-state index in [1.165, 1.54) is 0 Å². The van der Waals surface area contributed by atoms with Gasteiger partial charge in [0.15, 0.2) is 0 Å². The van der Waals surface area contributed by atoms with Gasteiger partial charge in [-0.2, -0.15) is 0 Å². The Hall–Kier alpha value is -1.68. The van der Waals surface area contributed by atoms with Gasteiger partial charge in [0, 0.05) is 12.4 Å². The monoisotopic (exact) mass is 188 g/mol. The molecule has 2 heterocycles. The Morgan fingerprint density at radius 2 is 2.29 bits per heavy atom. The van der Waals surface area contributed by atoms with Crippen molar-refractivity contribution in [1.82, 2.24) is 15.0 Å². The van der Waals surface area contributed by atoms with Crippen LogP contribution in [0.3, 0.4) is 0 Å². The summed E-state index contributed by atoms with van der Waals surface area (Å²) in [7, 11) is 0. The minimum atomic E-state index is -0.134. The number of nitrogens with two attached hydrogens (primary N) is 1. The number of nitrogens with zero attached hydrogens (tertiary/aromatic N) is 2. The molecule has 0 aromatic carbocycles. The molecular formula is C10H12N4. The molecule has 1 atom stereocenters. The molecule has 2 aromatic heterocycles. The van der Waals surface area contributed by atoms with Crippen molar-refractivity contribution in [2.24, 2.45) is 5.73 Å². The summed E-state index contributed by atoms with van der Waals surface area (Å²) in [4.78, 5) is 11.5. The van der Waals surface area contributed by atoms with Crippen LogP contribution in [-0.2, 0) is 0 Å². The Bertz CT molecular complexity index is 406. The number of H-pyrrole nitrogens is 1. The van der Waals surface area contributed by atoms with Crippen LogP contribution in [-0.4, -0.2) is 15.0 Å². The van der Waals surface area contributed by atoms with Crippen LogP contribution >= 0.6 is 0 Å². The fraction of sp³-hybridized carbons (Fsp3) is 0.200. The molecule has 14 heavy (non-hydrogen) atoms. The second-order valence-electron chi connectivity index (χ2n) is 3.17. The van der Waals surface area contributed by atoms with Crippen molar-refractivity contribution < 1.29 is 0 Å². The van der Waals surface area contributed by atoms with Crippen LogP contribution < -0.4 is 5.73 Å². The number of aromatic amines is 1. The second kappa shape index (κ2) is 3.59. The van der Waals surface area contributed by atoms with E-state index in [0.717, 1.165) is 11.4 Å². The summed E-state index contributed by atoms with van der Waals surface area (Å²) in [6.45, 7) is 1.87. The number of nitrogens with one attached hydrogen (secondary N) is 1. The normalized spacial score (nSPS) is 12.7. The van der Waals surface area contributed by atoms with Crippen LogP contribution in [0.4, 0.5) is 0 Å². The van der Waals surface area contributed by atoms with Crippen LogP contribution in [0, 0.1) is 0 Å². The number of rotatable bonds is 2. The first kappa shape index (κ1) is 8.90. The van der Waals surface area contributed by atoms with Crippen molar-refractivity contribution >= 4 is 0 Å². The maximum atomic E-state index is 5.70. The Morgan fingerprint density at radius 3 is 2.93 bits per heavy atom. The zero-order valence-corrected chi connectivity index (χ0v) is 7.94. The lowest BCUT2D eigenvalue weighted by Gasteiger charge is -2.04. The summed E-state index contributed by atoms with van der Waals surface area (Å²) in [5.74, 6) is 0.664. The predicted molar refractivity (Wildman–Crippen MR) is 54.4 cm³/mol. The third-order valence-electron chi connectivity index (χ3n) is 1.96. The van der Waals surface area contributed by atoms with Gasteiger partial charge in [-0.1, -0.05) is 0 Å². The van der Waals surface area contributed by atoms with Gasteiger partial charge >= 0.3 is 0 Å². The van der Waals surface area contributed by atoms with E-state index in [1.54, 1.807) is 6.20 Å². The maximum absolute atomic E-state index is 5.70. The third-order valence-corrected chi connectivity index (χ3v) is 1.96. The van der Waals surface area contributed by atoms with Gasteiger partial charge in [0.05, 0.1) is 17.4 Å². The van der Waals surface area contributed by atoms with Crippen LogP contribution in [0.1, 0.15) is 18.8 Å². The number of hydrogen-bond acceptors (Lipinski definition) is 3. The molecule has 0 aliphatic rings. The molecule has 4 nitrogen and oxygen atoms in total. The van der Waals surface area contributed by atoms with Crippen molar-refractivity contribution in [1.29, 1.82) is 0 Å². The zero-order valence-electron chi connectivity index (χ0n) is 7.94. The summed E-state index contributed by atoms with van der Waals surface area (Å²) in [5.41, 5.74) is 7.55. The van der Waals surface area contributed by atoms with E-state index in [1.807, 2.05) is 31.3 Å². The molecule has 0 radical (unpaired) electrons. The smallest absolute Gasteiger partial charge is 0.145 e. The minimum absolute atomic E-state index is 0.134. The van der Waals surface area contributed by atoms with E-state index < -0.39 is 0 Å². The maximum Gasteiger partial charge on any atom is 0.145 e. The molecule has 0 bridgehead atoms. The Balaban J connectivity index is 2.41. The van der Waals surface area contributed by atoms with Gasteiger partial charge in [-0.3, -0.25) is 0 Å². The summed E-state index contributed by atoms with van der Waals surface area (Å²) in [6, 6.07) is 5.62. The van der Waals surface area contributed by atoms with Gasteiger partial charge < -0.3 is 10.7 Å². The lowest BCUT2D eigenvalue weighted by atomic mass is 10.3. The largest absolute Gasteiger partial charge is 0.360 e. The summed E-state index contributed by atoms with van der Waals surface area (Å²) >= 11 is 0. The third kappa shape index (κ3) is 1.65. The molecule has 2 rings (SSSR count). The average molecular weight is 188 g/mol. The molecule has 1 unspecified atom stereocenters. The quantitative estimate of drug-likeness (QED) is 0.750. The molecule has 0 fully saturated rings. The van der Waals surface area contributed by atoms with Crippen LogP contribution in [0.5, 0.6) is 0 Å². The zero-order chi connectivity index (χ0) is 9.97. The first-order valence-electron chi connectivity index (χ1n) is 4.49. The SMILES string of the molecule is CC(N)c1nccc(-c2ccc[nH]2)n1. The number of hydrogen-bond donors (Lipinski definition) is 2. The van der Waals surface area contributed by atoms with Crippen molar-refractivity contribution in [3.8, 4) is 11.4 Å². The molecule has 0 saturated carbocycles. The number of aromatic nitrogens is 3. The average Bonchev–Trinajstić information content (AvgIpc) is 2.71. The molecule has 0 aliphatic heterocycles. The van der Waals surface area contributed by atoms with Gasteiger partial charge in [0.2, 0.25) is 0 Å². The standard InChI is InChI=1S/C10H12N4/c1-7(11)10-13-6-4-9(14-10)8-3-2-5-12-8/h2-7,12H,11H2,1H3. The minimum Gasteiger partial charge on any atom is -0.360 e. The fourth-order valence-electron chi connectivity index (χ4n) is 1.23. The fourth-order valence-corrected chi connectivity index (χ4v) is 1.23. The molecular weight excluding hydrogens is 176 g/mol. The summed E-state index contributed by atoms with van der Waals surface area (Å²) < 4.78 is 0. The topological polar surface area (TPSA) is 67.6 Å². The van der Waals surface area contributed by atoms with E-state index >= 15 is 0 Å². The molecule has 3 N–H and O–H groups in total. The van der Waals surface area contributed by atoms with Crippen molar-refractivity contribution in [2.45, 2.75) is 13.0 Å². The molecule has 2 aromatic rings.